The van der Waals surface area contributed by atoms with Crippen molar-refractivity contribution in [3.63, 3.8) is 0 Å². The van der Waals surface area contributed by atoms with Crippen molar-refractivity contribution in [1.82, 2.24) is 15.2 Å². The van der Waals surface area contributed by atoms with Gasteiger partial charge in [0.25, 0.3) is 5.91 Å². The van der Waals surface area contributed by atoms with Gasteiger partial charge in [0.2, 0.25) is 5.13 Å². The van der Waals surface area contributed by atoms with E-state index in [2.05, 4.69) is 44.9 Å². The number of amides is 1. The number of aromatic nitrogens is 3. The van der Waals surface area contributed by atoms with E-state index in [9.17, 15) is 4.79 Å². The molecule has 2 N–H and O–H groups in total. The molecule has 27 heavy (non-hydrogen) atoms. The molecule has 0 saturated carbocycles. The van der Waals surface area contributed by atoms with Crippen LogP contribution in [0.3, 0.4) is 0 Å². The third-order valence-corrected chi connectivity index (χ3v) is 4.63. The van der Waals surface area contributed by atoms with Gasteiger partial charge in [-0.05, 0) is 49.6 Å². The molecular weight excluding hydrogens is 362 g/mol. The van der Waals surface area contributed by atoms with E-state index in [-0.39, 0.29) is 11.9 Å². The number of ether oxygens (including phenoxy) is 1. The smallest absolute Gasteiger partial charge is 0.259 e. The first kappa shape index (κ1) is 18.8. The van der Waals surface area contributed by atoms with Crippen LogP contribution in [0.4, 0.5) is 10.9 Å². The van der Waals surface area contributed by atoms with Gasteiger partial charge < -0.3 is 10.1 Å². The third-order valence-electron chi connectivity index (χ3n) is 4.03. The number of carbonyl (C=O) groups excluding carboxylic acids is 1. The Morgan fingerprint density at radius 1 is 1.22 bits per heavy atom. The zero-order valence-corrected chi connectivity index (χ0v) is 16.0. The summed E-state index contributed by atoms with van der Waals surface area (Å²) in [6.07, 6.45) is 3.47. The van der Waals surface area contributed by atoms with Crippen molar-refractivity contribution in [2.45, 2.75) is 25.8 Å². The lowest BCUT2D eigenvalue weighted by atomic mass is 10.1. The van der Waals surface area contributed by atoms with E-state index in [1.54, 1.807) is 30.9 Å². The molecule has 1 amide bonds. The lowest BCUT2D eigenvalue weighted by Gasteiger charge is -2.15. The van der Waals surface area contributed by atoms with Crippen molar-refractivity contribution in [3.8, 4) is 5.75 Å². The normalized spacial score (nSPS) is 11.6. The van der Waals surface area contributed by atoms with Crippen molar-refractivity contribution in [3.05, 3.63) is 59.2 Å². The molecular formula is C19H21N5O2S. The number of methoxy groups -OCH3 is 1. The summed E-state index contributed by atoms with van der Waals surface area (Å²) >= 11 is 1.27. The van der Waals surface area contributed by atoms with Crippen LogP contribution in [-0.2, 0) is 6.42 Å². The molecule has 140 valence electrons. The van der Waals surface area contributed by atoms with E-state index in [0.29, 0.717) is 10.7 Å². The summed E-state index contributed by atoms with van der Waals surface area (Å²) < 4.78 is 5.17. The van der Waals surface area contributed by atoms with E-state index in [1.165, 1.54) is 16.9 Å². The lowest BCUT2D eigenvalue weighted by Crippen LogP contribution is -2.17. The summed E-state index contributed by atoms with van der Waals surface area (Å²) in [5.74, 6) is 1.35. The van der Waals surface area contributed by atoms with E-state index >= 15 is 0 Å². The van der Waals surface area contributed by atoms with Crippen LogP contribution in [0.25, 0.3) is 0 Å². The van der Waals surface area contributed by atoms with Crippen LogP contribution < -0.4 is 15.4 Å². The average molecular weight is 383 g/mol. The molecule has 0 aliphatic heterocycles. The number of nitrogens with zero attached hydrogens (tertiary/aromatic N) is 3. The van der Waals surface area contributed by atoms with Crippen LogP contribution in [0, 0.1) is 0 Å². The molecule has 1 atom stereocenters. The minimum atomic E-state index is -0.252. The molecule has 7 nitrogen and oxygen atoms in total. The van der Waals surface area contributed by atoms with Gasteiger partial charge in [-0.25, -0.2) is 4.98 Å². The first-order valence-corrected chi connectivity index (χ1v) is 9.45. The molecule has 0 aliphatic carbocycles. The van der Waals surface area contributed by atoms with Crippen LogP contribution in [0.15, 0.2) is 48.1 Å². The van der Waals surface area contributed by atoms with Crippen molar-refractivity contribution in [1.29, 1.82) is 0 Å². The number of pyridine rings is 1. The summed E-state index contributed by atoms with van der Waals surface area (Å²) in [6, 6.07) is 11.9. The van der Waals surface area contributed by atoms with Crippen LogP contribution in [0.5, 0.6) is 5.75 Å². The maximum absolute atomic E-state index is 12.1. The van der Waals surface area contributed by atoms with Gasteiger partial charge in [0.05, 0.1) is 12.7 Å². The van der Waals surface area contributed by atoms with Crippen LogP contribution in [-0.4, -0.2) is 34.2 Å². The van der Waals surface area contributed by atoms with E-state index in [4.69, 9.17) is 4.74 Å². The van der Waals surface area contributed by atoms with E-state index < -0.39 is 0 Å². The molecule has 0 bridgehead atoms. The van der Waals surface area contributed by atoms with Gasteiger partial charge in [0, 0.05) is 12.2 Å². The number of hydrogen-bond acceptors (Lipinski definition) is 7. The van der Waals surface area contributed by atoms with Gasteiger partial charge in [-0.15, -0.1) is 10.2 Å². The lowest BCUT2D eigenvalue weighted by molar-refractivity contribution is 0.102. The molecule has 3 aromatic rings. The Kier molecular flexibility index (Phi) is 6.32. The van der Waals surface area contributed by atoms with Gasteiger partial charge in [-0.1, -0.05) is 23.5 Å². The molecule has 2 heterocycles. The van der Waals surface area contributed by atoms with Crippen molar-refractivity contribution in [2.24, 2.45) is 0 Å². The summed E-state index contributed by atoms with van der Waals surface area (Å²) in [7, 11) is 1.67. The summed E-state index contributed by atoms with van der Waals surface area (Å²) in [5, 5.41) is 14.0. The zero-order valence-electron chi connectivity index (χ0n) is 15.2. The molecule has 2 aromatic heterocycles. The Morgan fingerprint density at radius 2 is 2.04 bits per heavy atom. The summed E-state index contributed by atoms with van der Waals surface area (Å²) in [6.45, 7) is 2.11. The van der Waals surface area contributed by atoms with Gasteiger partial charge in [-0.3, -0.25) is 10.1 Å². The first-order chi connectivity index (χ1) is 13.1. The SMILES string of the molecule is COc1ccc(CCC(C)Nc2ccc(C(=O)Nc3nncs3)cn2)cc1. The third kappa shape index (κ3) is 5.49. The largest absolute Gasteiger partial charge is 0.497 e. The fraction of sp³-hybridized carbons (Fsp3) is 0.263. The molecule has 0 spiro atoms. The standard InChI is InChI=1S/C19H21N5O2S/c1-13(3-4-14-5-8-16(26-2)9-6-14)22-17-10-7-15(11-20-17)18(25)23-19-24-21-12-27-19/h5-13H,3-4H2,1-2H3,(H,20,22)(H,23,24,25). The number of anilines is 2. The highest BCUT2D eigenvalue weighted by molar-refractivity contribution is 7.13. The Morgan fingerprint density at radius 3 is 2.67 bits per heavy atom. The fourth-order valence-corrected chi connectivity index (χ4v) is 2.95. The average Bonchev–Trinajstić information content (AvgIpc) is 3.20. The predicted molar refractivity (Wildman–Crippen MR) is 106 cm³/mol. The van der Waals surface area contributed by atoms with Gasteiger partial charge in [0.15, 0.2) is 0 Å². The Bertz CT molecular complexity index is 851. The molecule has 1 unspecified atom stereocenters. The second kappa shape index (κ2) is 9.09. The maximum Gasteiger partial charge on any atom is 0.259 e. The maximum atomic E-state index is 12.1. The second-order valence-electron chi connectivity index (χ2n) is 6.06. The van der Waals surface area contributed by atoms with Gasteiger partial charge in [-0.2, -0.15) is 0 Å². The number of rotatable bonds is 8. The Balaban J connectivity index is 1.48. The summed E-state index contributed by atoms with van der Waals surface area (Å²) in [4.78, 5) is 16.4. The Labute approximate surface area is 161 Å². The molecule has 0 saturated heterocycles. The van der Waals surface area contributed by atoms with Gasteiger partial charge >= 0.3 is 0 Å². The first-order valence-electron chi connectivity index (χ1n) is 8.57. The number of hydrogen-bond donors (Lipinski definition) is 2. The van der Waals surface area contributed by atoms with E-state index in [0.717, 1.165) is 24.4 Å². The van der Waals surface area contributed by atoms with E-state index in [1.807, 2.05) is 12.1 Å². The highest BCUT2D eigenvalue weighted by Crippen LogP contribution is 2.15. The highest BCUT2D eigenvalue weighted by Gasteiger charge is 2.09. The Hall–Kier alpha value is -3.00. The molecule has 8 heteroatoms. The minimum absolute atomic E-state index is 0.251. The second-order valence-corrected chi connectivity index (χ2v) is 6.90. The minimum Gasteiger partial charge on any atom is -0.497 e. The molecule has 1 aromatic carbocycles. The number of benzene rings is 1. The predicted octanol–water partition coefficient (Wildman–Crippen LogP) is 3.63. The molecule has 3 rings (SSSR count). The number of nitrogens with one attached hydrogen (secondary N) is 2. The molecule has 0 aliphatic rings. The highest BCUT2D eigenvalue weighted by atomic mass is 32.1. The molecule has 0 fully saturated rings. The monoisotopic (exact) mass is 383 g/mol. The van der Waals surface area contributed by atoms with Crippen molar-refractivity contribution >= 4 is 28.2 Å². The van der Waals surface area contributed by atoms with Gasteiger partial charge in [0.1, 0.15) is 17.1 Å². The van der Waals surface area contributed by atoms with Crippen molar-refractivity contribution in [2.75, 3.05) is 17.7 Å². The quantitative estimate of drug-likeness (QED) is 0.617. The van der Waals surface area contributed by atoms with Crippen LogP contribution in [0.1, 0.15) is 29.3 Å². The van der Waals surface area contributed by atoms with Crippen LogP contribution in [0.2, 0.25) is 0 Å². The topological polar surface area (TPSA) is 89.0 Å². The van der Waals surface area contributed by atoms with Crippen LogP contribution >= 0.6 is 11.3 Å². The summed E-state index contributed by atoms with van der Waals surface area (Å²) in [5.41, 5.74) is 3.30. The number of carbonyl (C=O) groups is 1. The van der Waals surface area contributed by atoms with Crippen molar-refractivity contribution < 1.29 is 9.53 Å². The fourth-order valence-electron chi connectivity index (χ4n) is 2.51. The molecule has 0 radical (unpaired) electrons. The zero-order chi connectivity index (χ0) is 19.1. The number of aryl methyl sites for hydroxylation is 1.